The Hall–Kier alpha value is -1.73. The maximum atomic E-state index is 12.8. The van der Waals surface area contributed by atoms with Gasteiger partial charge in [-0.1, -0.05) is 12.1 Å². The van der Waals surface area contributed by atoms with E-state index in [-0.39, 0.29) is 18.1 Å². The average Bonchev–Trinajstić information content (AvgIpc) is 3.19. The Morgan fingerprint density at radius 3 is 2.50 bits per heavy atom. The summed E-state index contributed by atoms with van der Waals surface area (Å²) in [5, 5.41) is 7.70. The van der Waals surface area contributed by atoms with Gasteiger partial charge in [0.2, 0.25) is 0 Å². The normalized spacial score (nSPS) is 27.2. The van der Waals surface area contributed by atoms with Gasteiger partial charge in [0.15, 0.2) is 5.96 Å². The minimum atomic E-state index is 0.0756. The molecule has 6 nitrogen and oxygen atoms in total. The molecule has 1 aromatic carbocycles. The maximum Gasteiger partial charge on any atom is 0.254 e. The smallest absolute Gasteiger partial charge is 0.254 e. The molecule has 1 aromatic rings. The van der Waals surface area contributed by atoms with Gasteiger partial charge in [0.1, 0.15) is 0 Å². The van der Waals surface area contributed by atoms with Gasteiger partial charge in [-0.3, -0.25) is 4.79 Å². The lowest BCUT2D eigenvalue weighted by molar-refractivity contribution is -0.0586. The Labute approximate surface area is 185 Å². The molecule has 7 heteroatoms. The monoisotopic (exact) mass is 432 g/mol. The second kappa shape index (κ2) is 11.0. The number of hydrogen-bond acceptors (Lipinski definition) is 4. The number of thioether (sulfide) groups is 1. The number of nitrogens with one attached hydrogen (secondary N) is 2. The zero-order valence-electron chi connectivity index (χ0n) is 18.7. The standard InChI is InChI=1S/C23H36N4O2S/c1-5-24-23(26-20-10-11-21(12-20)30-4)25-13-18-6-8-19(9-7-18)22(28)27-14-16(2)29-17(3)15-27/h6-9,16-17,20-21H,5,10-15H2,1-4H3,(H2,24,25,26). The van der Waals surface area contributed by atoms with E-state index in [0.29, 0.717) is 25.7 Å². The number of rotatable bonds is 6. The number of carbonyl (C=O) groups excluding carboxylic acids is 1. The summed E-state index contributed by atoms with van der Waals surface area (Å²) < 4.78 is 5.73. The number of hydrogen-bond donors (Lipinski definition) is 2. The fraction of sp³-hybridized carbons (Fsp3) is 0.652. The van der Waals surface area contributed by atoms with E-state index in [0.717, 1.165) is 28.9 Å². The molecule has 1 saturated heterocycles. The summed E-state index contributed by atoms with van der Waals surface area (Å²) in [4.78, 5) is 19.5. The molecule has 2 aliphatic rings. The summed E-state index contributed by atoms with van der Waals surface area (Å²) in [6.45, 7) is 8.84. The molecule has 4 unspecified atom stereocenters. The van der Waals surface area contributed by atoms with Crippen LogP contribution in [-0.4, -0.2) is 66.2 Å². The number of benzene rings is 1. The van der Waals surface area contributed by atoms with Crippen LogP contribution in [0.1, 0.15) is 56.0 Å². The van der Waals surface area contributed by atoms with Crippen LogP contribution in [0.3, 0.4) is 0 Å². The van der Waals surface area contributed by atoms with E-state index in [4.69, 9.17) is 9.73 Å². The zero-order chi connectivity index (χ0) is 21.5. The number of amides is 1. The fourth-order valence-corrected chi connectivity index (χ4v) is 5.04. The fourth-order valence-electron chi connectivity index (χ4n) is 4.25. The topological polar surface area (TPSA) is 66.0 Å². The predicted molar refractivity (Wildman–Crippen MR) is 125 cm³/mol. The van der Waals surface area contributed by atoms with Crippen molar-refractivity contribution in [1.29, 1.82) is 0 Å². The van der Waals surface area contributed by atoms with Crippen LogP contribution in [0.5, 0.6) is 0 Å². The van der Waals surface area contributed by atoms with Gasteiger partial charge in [-0.25, -0.2) is 4.99 Å². The molecular weight excluding hydrogens is 396 g/mol. The van der Waals surface area contributed by atoms with Crippen LogP contribution in [0.15, 0.2) is 29.3 Å². The number of ether oxygens (including phenoxy) is 1. The summed E-state index contributed by atoms with van der Waals surface area (Å²) in [6, 6.07) is 8.34. The minimum absolute atomic E-state index is 0.0756. The predicted octanol–water partition coefficient (Wildman–Crippen LogP) is 3.28. The summed E-state index contributed by atoms with van der Waals surface area (Å²) in [5.41, 5.74) is 1.82. The van der Waals surface area contributed by atoms with E-state index in [1.165, 1.54) is 19.3 Å². The Balaban J connectivity index is 1.57. The molecule has 1 heterocycles. The third kappa shape index (κ3) is 6.38. The van der Waals surface area contributed by atoms with Crippen molar-refractivity contribution in [3.8, 4) is 0 Å². The van der Waals surface area contributed by atoms with Crippen molar-refractivity contribution in [2.75, 3.05) is 25.9 Å². The van der Waals surface area contributed by atoms with E-state index in [9.17, 15) is 4.79 Å². The number of guanidine groups is 1. The van der Waals surface area contributed by atoms with Crippen LogP contribution in [0, 0.1) is 0 Å². The molecule has 2 N–H and O–H groups in total. The lowest BCUT2D eigenvalue weighted by atomic mass is 10.1. The van der Waals surface area contributed by atoms with Gasteiger partial charge in [-0.2, -0.15) is 11.8 Å². The Morgan fingerprint density at radius 1 is 1.20 bits per heavy atom. The van der Waals surface area contributed by atoms with E-state index in [1.807, 2.05) is 54.8 Å². The molecule has 0 radical (unpaired) electrons. The summed E-state index contributed by atoms with van der Waals surface area (Å²) in [7, 11) is 0. The second-order valence-electron chi connectivity index (χ2n) is 8.37. The van der Waals surface area contributed by atoms with Gasteiger partial charge in [-0.15, -0.1) is 0 Å². The van der Waals surface area contributed by atoms with Gasteiger partial charge < -0.3 is 20.3 Å². The minimum Gasteiger partial charge on any atom is -0.372 e. The largest absolute Gasteiger partial charge is 0.372 e. The van der Waals surface area contributed by atoms with E-state index < -0.39 is 0 Å². The first kappa shape index (κ1) is 22.9. The first-order valence-corrected chi connectivity index (χ1v) is 12.4. The lowest BCUT2D eigenvalue weighted by Gasteiger charge is -2.35. The van der Waals surface area contributed by atoms with Crippen molar-refractivity contribution in [2.45, 2.75) is 70.1 Å². The van der Waals surface area contributed by atoms with Crippen molar-refractivity contribution >= 4 is 23.6 Å². The van der Waals surface area contributed by atoms with Crippen molar-refractivity contribution in [3.05, 3.63) is 35.4 Å². The van der Waals surface area contributed by atoms with Gasteiger partial charge in [-0.05, 0) is 64.0 Å². The van der Waals surface area contributed by atoms with Gasteiger partial charge >= 0.3 is 0 Å². The maximum absolute atomic E-state index is 12.8. The van der Waals surface area contributed by atoms with Gasteiger partial charge in [0.05, 0.1) is 18.8 Å². The van der Waals surface area contributed by atoms with Crippen molar-refractivity contribution < 1.29 is 9.53 Å². The molecular formula is C23H36N4O2S. The molecule has 3 rings (SSSR count). The Kier molecular flexibility index (Phi) is 8.45. The number of morpholine rings is 1. The molecule has 4 atom stereocenters. The molecule has 30 heavy (non-hydrogen) atoms. The number of nitrogens with zero attached hydrogens (tertiary/aromatic N) is 2. The van der Waals surface area contributed by atoms with Crippen molar-refractivity contribution in [3.63, 3.8) is 0 Å². The highest BCUT2D eigenvalue weighted by Gasteiger charge is 2.27. The molecule has 1 aliphatic carbocycles. The van der Waals surface area contributed by atoms with Crippen LogP contribution in [-0.2, 0) is 11.3 Å². The van der Waals surface area contributed by atoms with Crippen LogP contribution in [0.4, 0.5) is 0 Å². The molecule has 166 valence electrons. The van der Waals surface area contributed by atoms with Crippen molar-refractivity contribution in [2.24, 2.45) is 4.99 Å². The molecule has 2 fully saturated rings. The van der Waals surface area contributed by atoms with Crippen LogP contribution in [0.2, 0.25) is 0 Å². The highest BCUT2D eigenvalue weighted by molar-refractivity contribution is 7.99. The SMILES string of the molecule is CCNC(=NCc1ccc(C(=O)N2CC(C)OC(C)C2)cc1)NC1CCC(SC)C1. The zero-order valence-corrected chi connectivity index (χ0v) is 19.5. The van der Waals surface area contributed by atoms with Gasteiger partial charge in [0.25, 0.3) is 5.91 Å². The summed E-state index contributed by atoms with van der Waals surface area (Å²) in [5.74, 6) is 0.951. The highest BCUT2D eigenvalue weighted by atomic mass is 32.2. The number of aliphatic imine (C=N–C) groups is 1. The molecule has 1 saturated carbocycles. The first-order chi connectivity index (χ1) is 14.5. The van der Waals surface area contributed by atoms with Gasteiger partial charge in [0, 0.05) is 36.5 Å². The third-order valence-electron chi connectivity index (χ3n) is 5.73. The molecule has 0 bridgehead atoms. The molecule has 1 aliphatic heterocycles. The van der Waals surface area contributed by atoms with E-state index in [2.05, 4.69) is 23.8 Å². The Morgan fingerprint density at radius 2 is 1.90 bits per heavy atom. The van der Waals surface area contributed by atoms with Crippen molar-refractivity contribution in [1.82, 2.24) is 15.5 Å². The second-order valence-corrected chi connectivity index (χ2v) is 9.51. The highest BCUT2D eigenvalue weighted by Crippen LogP contribution is 2.28. The molecule has 1 amide bonds. The van der Waals surface area contributed by atoms with E-state index in [1.54, 1.807) is 0 Å². The first-order valence-electron chi connectivity index (χ1n) is 11.1. The molecule has 0 spiro atoms. The van der Waals surface area contributed by atoms with Crippen LogP contribution >= 0.6 is 11.8 Å². The Bertz CT molecular complexity index is 714. The van der Waals surface area contributed by atoms with Crippen LogP contribution in [0.25, 0.3) is 0 Å². The summed E-state index contributed by atoms with van der Waals surface area (Å²) >= 11 is 1.96. The lowest BCUT2D eigenvalue weighted by Crippen LogP contribution is -2.48. The van der Waals surface area contributed by atoms with Crippen LogP contribution < -0.4 is 10.6 Å². The quantitative estimate of drug-likeness (QED) is 0.533. The summed E-state index contributed by atoms with van der Waals surface area (Å²) in [6.07, 6.45) is 6.02. The molecule has 0 aromatic heterocycles. The number of carbonyl (C=O) groups is 1. The third-order valence-corrected chi connectivity index (χ3v) is 6.83. The van der Waals surface area contributed by atoms with E-state index >= 15 is 0 Å². The average molecular weight is 433 g/mol.